The normalized spacial score (nSPS) is 18.6. The molecule has 0 saturated carbocycles. The van der Waals surface area contributed by atoms with E-state index < -0.39 is 35.2 Å². The number of rotatable bonds is 22. The van der Waals surface area contributed by atoms with Gasteiger partial charge in [0.1, 0.15) is 19.9 Å². The molecule has 80 heavy (non-hydrogen) atoms. The number of nitrogens with zero attached hydrogens (tertiary/aromatic N) is 5. The Kier molecular flexibility index (Phi) is 16.8. The van der Waals surface area contributed by atoms with E-state index in [0.717, 1.165) is 27.2 Å². The molecule has 5 aliphatic rings. The second kappa shape index (κ2) is 24.1. The molecule has 0 aromatic heterocycles. The van der Waals surface area contributed by atoms with E-state index in [1.807, 2.05) is 13.1 Å². The van der Waals surface area contributed by atoms with Crippen LogP contribution in [0, 0.1) is 12.8 Å². The van der Waals surface area contributed by atoms with E-state index >= 15 is 0 Å². The molecule has 0 spiro atoms. The molecule has 9 rings (SSSR count). The van der Waals surface area contributed by atoms with Gasteiger partial charge in [0, 0.05) is 86.0 Å². The minimum absolute atomic E-state index is 0.155. The van der Waals surface area contributed by atoms with Gasteiger partial charge in [-0.1, -0.05) is 62.2 Å². The summed E-state index contributed by atoms with van der Waals surface area (Å²) in [6.45, 7) is 7.92. The average molecular weight is 1080 g/mol. The Hall–Kier alpha value is -8.81. The second-order valence-electron chi connectivity index (χ2n) is 20.7. The van der Waals surface area contributed by atoms with Gasteiger partial charge in [-0.2, -0.15) is 0 Å². The Morgan fingerprint density at radius 3 is 1.96 bits per heavy atom. The Morgan fingerprint density at radius 2 is 1.32 bits per heavy atom. The van der Waals surface area contributed by atoms with Crippen LogP contribution in [0.2, 0.25) is 0 Å². The molecule has 19 nitrogen and oxygen atoms in total. The molecule has 3 N–H and O–H groups in total. The molecule has 20 heteroatoms. The highest BCUT2D eigenvalue weighted by molar-refractivity contribution is 6.30. The monoisotopic (exact) mass is 1080 g/mol. The summed E-state index contributed by atoms with van der Waals surface area (Å²) < 4.78 is 23.7. The van der Waals surface area contributed by atoms with Crippen molar-refractivity contribution >= 4 is 89.8 Å². The molecule has 0 bridgehead atoms. The third-order valence-electron chi connectivity index (χ3n) is 14.5. The molecule has 4 aromatic rings. The predicted molar refractivity (Wildman–Crippen MR) is 303 cm³/mol. The zero-order valence-corrected chi connectivity index (χ0v) is 45.6. The Labute approximate surface area is 465 Å². The first-order valence-corrected chi connectivity index (χ1v) is 26.7. The summed E-state index contributed by atoms with van der Waals surface area (Å²) in [6, 6.07) is 19.8. The van der Waals surface area contributed by atoms with Crippen LogP contribution >= 0.6 is 0 Å². The number of ether oxygens (including phenoxy) is 4. The Balaban J connectivity index is 0.752. The summed E-state index contributed by atoms with van der Waals surface area (Å²) in [5.41, 5.74) is 5.51. The molecule has 412 valence electrons. The first-order valence-electron chi connectivity index (χ1n) is 26.7. The Morgan fingerprint density at radius 1 is 0.713 bits per heavy atom. The summed E-state index contributed by atoms with van der Waals surface area (Å²) >= 11 is 0. The number of aliphatic imine (C=N–C) groups is 2. The highest BCUT2D eigenvalue weighted by Gasteiger charge is 2.42. The number of carbonyl (C=O) groups is 7. The molecule has 0 aliphatic carbocycles. The molecule has 5 aliphatic heterocycles. The van der Waals surface area contributed by atoms with Gasteiger partial charge in [-0.05, 0) is 85.6 Å². The van der Waals surface area contributed by atoms with Crippen molar-refractivity contribution in [1.82, 2.24) is 25.3 Å². The lowest BCUT2D eigenvalue weighted by molar-refractivity contribution is -0.137. The lowest BCUT2D eigenvalue weighted by Gasteiger charge is -2.30. The summed E-state index contributed by atoms with van der Waals surface area (Å²) in [5, 5.41) is 8.31. The summed E-state index contributed by atoms with van der Waals surface area (Å²) in [4.78, 5) is 105. The van der Waals surface area contributed by atoms with Crippen molar-refractivity contribution in [2.75, 3.05) is 39.3 Å². The van der Waals surface area contributed by atoms with Crippen molar-refractivity contribution in [1.29, 1.82) is 0 Å². The number of hydrogen-bond acceptors (Lipinski definition) is 13. The second-order valence-corrected chi connectivity index (χ2v) is 20.7. The van der Waals surface area contributed by atoms with Gasteiger partial charge in [0.15, 0.2) is 23.0 Å². The highest BCUT2D eigenvalue weighted by atomic mass is 16.5. The van der Waals surface area contributed by atoms with Crippen LogP contribution in [-0.2, 0) is 24.0 Å². The number of fused-ring (bicyclic) bond motifs is 4. The zero-order valence-electron chi connectivity index (χ0n) is 45.6. The van der Waals surface area contributed by atoms with Gasteiger partial charge in [-0.25, -0.2) is 0 Å². The molecule has 4 atom stereocenters. The van der Waals surface area contributed by atoms with Crippen molar-refractivity contribution in [2.45, 2.75) is 96.2 Å². The lowest BCUT2D eigenvalue weighted by Crippen LogP contribution is -2.53. The first kappa shape index (κ1) is 55.9. The zero-order chi connectivity index (χ0) is 56.8. The predicted octanol–water partition coefficient (Wildman–Crippen LogP) is 7.37. The van der Waals surface area contributed by atoms with Crippen LogP contribution in [0.5, 0.6) is 23.0 Å². The Bertz CT molecular complexity index is 3260. The van der Waals surface area contributed by atoms with Crippen molar-refractivity contribution in [2.24, 2.45) is 15.9 Å². The standard InChI is InChI=1S/C60H63BN8O11/c1-35(2)55(66-52(70)11-8-7-9-22-67-53(71)20-21-54(67)72)57(74)64-37(4)56(73)65-42-18-16-39(17-19-42)41-30-60(61)34-63-47-29-51(49(78-6)27-45(47)59(76)69(60)33-41)80-24-10-23-79-50-28-46-44(26-48(50)77-5)58(75)68-32-40(25-43(68)31-62-46)38-14-12-36(3)13-15-38/h12-21,26-29,31-35,37,43,55H,7-11,22-25,30H2,1-6H3,(H,64,74)(H,65,73)(H,66,70)/t37?,43?,55?,60-/m0/s1. The fourth-order valence-electron chi connectivity index (χ4n) is 9.97. The summed E-state index contributed by atoms with van der Waals surface area (Å²) in [5.74, 6) is -1.29. The van der Waals surface area contributed by atoms with Crippen molar-refractivity contribution in [3.05, 3.63) is 125 Å². The van der Waals surface area contributed by atoms with Crippen LogP contribution in [0.3, 0.4) is 0 Å². The van der Waals surface area contributed by atoms with Crippen LogP contribution < -0.4 is 34.9 Å². The van der Waals surface area contributed by atoms with E-state index in [1.165, 1.54) is 36.8 Å². The van der Waals surface area contributed by atoms with Crippen LogP contribution in [0.4, 0.5) is 17.1 Å². The molecule has 3 unspecified atom stereocenters. The van der Waals surface area contributed by atoms with E-state index in [2.05, 4.69) is 45.2 Å². The van der Waals surface area contributed by atoms with Crippen LogP contribution in [-0.4, -0.2) is 134 Å². The van der Waals surface area contributed by atoms with Gasteiger partial charge < -0.3 is 44.7 Å². The molecule has 5 heterocycles. The molecule has 2 radical (unpaired) electrons. The van der Waals surface area contributed by atoms with Gasteiger partial charge >= 0.3 is 0 Å². The van der Waals surface area contributed by atoms with E-state index in [1.54, 1.807) is 92.8 Å². The number of anilines is 1. The summed E-state index contributed by atoms with van der Waals surface area (Å²) in [7, 11) is 9.91. The van der Waals surface area contributed by atoms with Gasteiger partial charge in [0.2, 0.25) is 17.7 Å². The maximum Gasteiger partial charge on any atom is 0.260 e. The number of benzene rings is 4. The number of hydrogen-bond donors (Lipinski definition) is 3. The van der Waals surface area contributed by atoms with Gasteiger partial charge in [-0.3, -0.25) is 48.4 Å². The van der Waals surface area contributed by atoms with Crippen molar-refractivity contribution in [3.8, 4) is 23.0 Å². The number of aryl methyl sites for hydroxylation is 1. The maximum absolute atomic E-state index is 14.2. The molecular weight excluding hydrogens is 1020 g/mol. The van der Waals surface area contributed by atoms with Crippen LogP contribution in [0.15, 0.2) is 107 Å². The number of imide groups is 1. The molecular formula is C60H63BN8O11. The number of nitrogens with one attached hydrogen (secondary N) is 3. The maximum atomic E-state index is 14.2. The third kappa shape index (κ3) is 12.2. The molecule has 7 amide bonds. The van der Waals surface area contributed by atoms with E-state index in [4.69, 9.17) is 31.8 Å². The first-order chi connectivity index (χ1) is 38.4. The van der Waals surface area contributed by atoms with Gasteiger partial charge in [0.05, 0.1) is 56.0 Å². The number of methoxy groups -OCH3 is 2. The minimum atomic E-state index is -1.30. The molecule has 0 saturated heterocycles. The topological polar surface area (TPSA) is 227 Å². The van der Waals surface area contributed by atoms with Gasteiger partial charge in [-0.15, -0.1) is 0 Å². The van der Waals surface area contributed by atoms with Gasteiger partial charge in [0.25, 0.3) is 23.6 Å². The molecule has 4 aromatic carbocycles. The average Bonchev–Trinajstić information content (AvgIpc) is 4.16. The van der Waals surface area contributed by atoms with Crippen LogP contribution in [0.25, 0.3) is 11.1 Å². The van der Waals surface area contributed by atoms with Crippen molar-refractivity contribution < 1.29 is 52.5 Å². The smallest absolute Gasteiger partial charge is 0.260 e. The third-order valence-corrected chi connectivity index (χ3v) is 14.5. The quantitative estimate of drug-likeness (QED) is 0.0400. The molecule has 0 fully saturated rings. The van der Waals surface area contributed by atoms with Crippen LogP contribution in [0.1, 0.15) is 103 Å². The van der Waals surface area contributed by atoms with E-state index in [9.17, 15) is 33.6 Å². The van der Waals surface area contributed by atoms with Crippen molar-refractivity contribution in [3.63, 3.8) is 0 Å². The largest absolute Gasteiger partial charge is 0.493 e. The number of amides is 7. The number of carbonyl (C=O) groups excluding carboxylic acids is 7. The fraction of sp³-hybridized carbons (Fsp3) is 0.350. The summed E-state index contributed by atoms with van der Waals surface area (Å²) in [6.07, 6.45) is 12.6. The fourth-order valence-corrected chi connectivity index (χ4v) is 9.97. The van der Waals surface area contributed by atoms with E-state index in [0.29, 0.717) is 77.7 Å². The number of unbranched alkanes of at least 4 members (excludes halogenated alkanes) is 2. The highest BCUT2D eigenvalue weighted by Crippen LogP contribution is 2.44. The minimum Gasteiger partial charge on any atom is -0.493 e. The van der Waals surface area contributed by atoms with E-state index in [-0.39, 0.29) is 73.8 Å². The lowest BCUT2D eigenvalue weighted by atomic mass is 9.74. The SMILES string of the molecule is [B][C@]12C=Nc3cc(OCCCOc4cc5c(cc4OC)C(=O)N4C=C(c6ccc(C)cc6)CC4C=N5)c(OC)cc3C(=O)N1C=C(c1ccc(NC(=O)C(C)NC(=O)C(NC(=O)CCCCCN3C(=O)C=CC3=O)C(C)C)cc1)C2.